The summed E-state index contributed by atoms with van der Waals surface area (Å²) >= 11 is 7.46. The molecule has 0 radical (unpaired) electrons. The average molecular weight is 461 g/mol. The Labute approximate surface area is 182 Å². The number of halogens is 1. The number of benzene rings is 2. The molecule has 0 atom stereocenters. The number of hydrogen-bond acceptors (Lipinski definition) is 6. The minimum atomic E-state index is -3.89. The number of nitrogens with zero attached hydrogens (tertiary/aromatic N) is 3. The largest absolute Gasteiger partial charge is 0.342 e. The summed E-state index contributed by atoms with van der Waals surface area (Å²) < 4.78 is 27.9. The van der Waals surface area contributed by atoms with E-state index in [2.05, 4.69) is 15.5 Å². The van der Waals surface area contributed by atoms with Crippen LogP contribution in [0.5, 0.6) is 0 Å². The molecule has 0 aliphatic rings. The van der Waals surface area contributed by atoms with Gasteiger partial charge in [-0.05, 0) is 24.6 Å². The van der Waals surface area contributed by atoms with E-state index in [1.165, 1.54) is 11.3 Å². The maximum atomic E-state index is 13.1. The van der Waals surface area contributed by atoms with Crippen LogP contribution in [-0.2, 0) is 21.2 Å². The molecule has 7 nitrogen and oxygen atoms in total. The second-order valence-electron chi connectivity index (χ2n) is 6.66. The molecule has 2 heterocycles. The zero-order chi connectivity index (χ0) is 21.3. The van der Waals surface area contributed by atoms with Crippen molar-refractivity contribution < 1.29 is 13.2 Å². The second-order valence-corrected chi connectivity index (χ2v) is 10.2. The molecular weight excluding hydrogens is 444 g/mol. The van der Waals surface area contributed by atoms with Crippen molar-refractivity contribution in [1.29, 1.82) is 0 Å². The Morgan fingerprint density at radius 3 is 2.60 bits per heavy atom. The van der Waals surface area contributed by atoms with Gasteiger partial charge in [0.1, 0.15) is 10.8 Å². The van der Waals surface area contributed by atoms with Crippen LogP contribution in [0.2, 0.25) is 5.02 Å². The zero-order valence-electron chi connectivity index (χ0n) is 15.9. The minimum Gasteiger partial charge on any atom is -0.342 e. The van der Waals surface area contributed by atoms with Gasteiger partial charge >= 0.3 is 0 Å². The molecule has 0 spiro atoms. The van der Waals surface area contributed by atoms with Crippen molar-refractivity contribution in [2.24, 2.45) is 0 Å². The fourth-order valence-electron chi connectivity index (χ4n) is 3.15. The van der Waals surface area contributed by atoms with E-state index in [1.54, 1.807) is 31.3 Å². The van der Waals surface area contributed by atoms with E-state index in [0.717, 1.165) is 11.1 Å². The first kappa shape index (κ1) is 20.5. The van der Waals surface area contributed by atoms with Crippen LogP contribution in [0.25, 0.3) is 10.9 Å². The number of fused-ring (bicyclic) bond motifs is 1. The van der Waals surface area contributed by atoms with Crippen LogP contribution in [0.4, 0.5) is 5.13 Å². The fraction of sp³-hybridized carbons (Fsp3) is 0.150. The third-order valence-electron chi connectivity index (χ3n) is 4.48. The maximum absolute atomic E-state index is 13.1. The lowest BCUT2D eigenvalue weighted by Gasteiger charge is -2.07. The lowest BCUT2D eigenvalue weighted by atomic mass is 10.2. The number of sulfone groups is 1. The number of nitrogens with one attached hydrogen (secondary N) is 1. The summed E-state index contributed by atoms with van der Waals surface area (Å²) in [6.45, 7) is 2.16. The van der Waals surface area contributed by atoms with Crippen LogP contribution in [0.3, 0.4) is 0 Å². The third-order valence-corrected chi connectivity index (χ3v) is 7.24. The number of hydrogen-bond donors (Lipinski definition) is 1. The van der Waals surface area contributed by atoms with E-state index in [9.17, 15) is 13.2 Å². The number of anilines is 1. The first-order valence-electron chi connectivity index (χ1n) is 8.97. The Morgan fingerprint density at radius 2 is 1.87 bits per heavy atom. The molecule has 0 saturated heterocycles. The minimum absolute atomic E-state index is 0.105. The molecule has 4 rings (SSSR count). The van der Waals surface area contributed by atoms with E-state index in [1.807, 2.05) is 34.9 Å². The Kier molecular flexibility index (Phi) is 5.59. The van der Waals surface area contributed by atoms with Gasteiger partial charge in [0, 0.05) is 28.7 Å². The molecule has 0 aliphatic carbocycles. The van der Waals surface area contributed by atoms with E-state index < -0.39 is 21.5 Å². The number of carbonyl (C=O) groups is 1. The smallest absolute Gasteiger partial charge is 0.241 e. The summed E-state index contributed by atoms with van der Waals surface area (Å²) in [6.07, 6.45) is 1.56. The molecular formula is C20H17ClN4O3S2. The summed E-state index contributed by atoms with van der Waals surface area (Å²) in [5, 5.41) is 12.2. The highest BCUT2D eigenvalue weighted by Crippen LogP contribution is 2.28. The van der Waals surface area contributed by atoms with E-state index in [-0.39, 0.29) is 10.0 Å². The lowest BCUT2D eigenvalue weighted by Crippen LogP contribution is -2.22. The number of para-hydroxylation sites is 1. The van der Waals surface area contributed by atoms with Crippen molar-refractivity contribution in [2.45, 2.75) is 18.4 Å². The van der Waals surface area contributed by atoms with Crippen LogP contribution < -0.4 is 5.32 Å². The van der Waals surface area contributed by atoms with Gasteiger partial charge < -0.3 is 4.57 Å². The first-order chi connectivity index (χ1) is 14.3. The van der Waals surface area contributed by atoms with Gasteiger partial charge in [-0.25, -0.2) is 8.42 Å². The summed E-state index contributed by atoms with van der Waals surface area (Å²) in [4.78, 5) is 12.4. The number of carbonyl (C=O) groups excluding carboxylic acids is 1. The molecule has 30 heavy (non-hydrogen) atoms. The van der Waals surface area contributed by atoms with Crippen molar-refractivity contribution in [1.82, 2.24) is 14.8 Å². The van der Waals surface area contributed by atoms with Crippen molar-refractivity contribution >= 4 is 54.7 Å². The van der Waals surface area contributed by atoms with Crippen molar-refractivity contribution in [2.75, 3.05) is 11.1 Å². The quantitative estimate of drug-likeness (QED) is 0.470. The van der Waals surface area contributed by atoms with Gasteiger partial charge in [0.15, 0.2) is 9.84 Å². The molecule has 4 aromatic rings. The van der Waals surface area contributed by atoms with Gasteiger partial charge in [0.05, 0.1) is 4.90 Å². The highest BCUT2D eigenvalue weighted by molar-refractivity contribution is 7.92. The first-order valence-corrected chi connectivity index (χ1v) is 11.8. The van der Waals surface area contributed by atoms with Gasteiger partial charge in [0.25, 0.3) is 0 Å². The van der Waals surface area contributed by atoms with Crippen molar-refractivity contribution in [3.8, 4) is 0 Å². The van der Waals surface area contributed by atoms with E-state index in [4.69, 9.17) is 11.6 Å². The number of amides is 1. The lowest BCUT2D eigenvalue weighted by molar-refractivity contribution is -0.113. The summed E-state index contributed by atoms with van der Waals surface area (Å²) in [5.41, 5.74) is 1.62. The van der Waals surface area contributed by atoms with Gasteiger partial charge in [-0.1, -0.05) is 59.3 Å². The monoisotopic (exact) mass is 460 g/mol. The van der Waals surface area contributed by atoms with E-state index >= 15 is 0 Å². The van der Waals surface area contributed by atoms with Crippen molar-refractivity contribution in [3.05, 3.63) is 70.3 Å². The van der Waals surface area contributed by atoms with Crippen LogP contribution in [0.15, 0.2) is 59.6 Å². The maximum Gasteiger partial charge on any atom is 0.241 e. The molecule has 10 heteroatoms. The zero-order valence-corrected chi connectivity index (χ0v) is 18.3. The Balaban J connectivity index is 1.66. The Hall–Kier alpha value is -2.75. The molecule has 0 fully saturated rings. The molecule has 2 aromatic heterocycles. The Bertz CT molecular complexity index is 1350. The van der Waals surface area contributed by atoms with Crippen LogP contribution in [0.1, 0.15) is 10.6 Å². The summed E-state index contributed by atoms with van der Waals surface area (Å²) in [5.74, 6) is -1.35. The van der Waals surface area contributed by atoms with Gasteiger partial charge in [-0.2, -0.15) is 0 Å². The topological polar surface area (TPSA) is 94.0 Å². The van der Waals surface area contributed by atoms with Crippen LogP contribution in [-0.4, -0.2) is 34.8 Å². The summed E-state index contributed by atoms with van der Waals surface area (Å²) in [7, 11) is -3.89. The highest BCUT2D eigenvalue weighted by Gasteiger charge is 2.25. The molecule has 0 saturated carbocycles. The van der Waals surface area contributed by atoms with Crippen LogP contribution in [0, 0.1) is 6.92 Å². The normalized spacial score (nSPS) is 11.7. The summed E-state index contributed by atoms with van der Waals surface area (Å²) in [6, 6.07) is 14.6. The predicted octanol–water partition coefficient (Wildman–Crippen LogP) is 3.92. The standard InChI is InChI=1S/C20H17ClN4O3S2/c1-13-23-24-20(29-13)22-19(26)12-30(27,28)18-11-25(17-9-5-3-7-15(17)18)10-14-6-2-4-8-16(14)21/h2-9,11H,10,12H2,1H3,(H,22,24,26). The van der Waals surface area contributed by atoms with Crippen LogP contribution >= 0.6 is 22.9 Å². The molecule has 0 bridgehead atoms. The molecule has 2 aromatic carbocycles. The molecule has 0 aliphatic heterocycles. The SMILES string of the molecule is Cc1nnc(NC(=O)CS(=O)(=O)c2cn(Cc3ccccc3Cl)c3ccccc23)s1. The van der Waals surface area contributed by atoms with Gasteiger partial charge in [0.2, 0.25) is 11.0 Å². The molecule has 1 amide bonds. The highest BCUT2D eigenvalue weighted by atomic mass is 35.5. The number of aryl methyl sites for hydroxylation is 1. The number of rotatable bonds is 6. The van der Waals surface area contributed by atoms with Crippen molar-refractivity contribution in [3.63, 3.8) is 0 Å². The third kappa shape index (κ3) is 4.23. The fourth-order valence-corrected chi connectivity index (χ4v) is 5.33. The Morgan fingerprint density at radius 1 is 1.13 bits per heavy atom. The van der Waals surface area contributed by atoms with Gasteiger partial charge in [-0.15, -0.1) is 10.2 Å². The molecule has 0 unspecified atom stereocenters. The van der Waals surface area contributed by atoms with Gasteiger partial charge in [-0.3, -0.25) is 10.1 Å². The number of aromatic nitrogens is 3. The second kappa shape index (κ2) is 8.17. The van der Waals surface area contributed by atoms with E-state index in [0.29, 0.717) is 22.0 Å². The predicted molar refractivity (Wildman–Crippen MR) is 118 cm³/mol. The molecule has 154 valence electrons. The molecule has 1 N–H and O–H groups in total. The average Bonchev–Trinajstić information content (AvgIpc) is 3.27.